The Hall–Kier alpha value is -3.06. The van der Waals surface area contributed by atoms with Crippen LogP contribution in [-0.4, -0.2) is 24.5 Å². The monoisotopic (exact) mass is 398 g/mol. The van der Waals surface area contributed by atoms with Gasteiger partial charge in [0.15, 0.2) is 5.76 Å². The lowest BCUT2D eigenvalue weighted by Crippen LogP contribution is -2.24. The van der Waals surface area contributed by atoms with Crippen LogP contribution in [0.25, 0.3) is 0 Å². The van der Waals surface area contributed by atoms with E-state index in [1.54, 1.807) is 24.3 Å². The highest BCUT2D eigenvalue weighted by Gasteiger charge is 2.13. The van der Waals surface area contributed by atoms with Gasteiger partial charge in [0.1, 0.15) is 5.75 Å². The SMILES string of the molecule is CC(C)Oc1ccc(CCNC(=O)c2ccc(NC(=O)c3ccco3)s2)cc1. The molecule has 3 aromatic rings. The second-order valence-corrected chi connectivity index (χ2v) is 7.50. The number of anilines is 1. The van der Waals surface area contributed by atoms with Gasteiger partial charge in [0.05, 0.1) is 22.2 Å². The molecule has 0 aliphatic heterocycles. The van der Waals surface area contributed by atoms with Crippen molar-refractivity contribution in [2.45, 2.75) is 26.4 Å². The molecule has 2 aromatic heterocycles. The molecule has 2 N–H and O–H groups in total. The highest BCUT2D eigenvalue weighted by molar-refractivity contribution is 7.18. The van der Waals surface area contributed by atoms with Crippen LogP contribution in [-0.2, 0) is 6.42 Å². The van der Waals surface area contributed by atoms with E-state index in [0.717, 1.165) is 17.7 Å². The first-order valence-corrected chi connectivity index (χ1v) is 9.81. The molecule has 6 nitrogen and oxygen atoms in total. The minimum Gasteiger partial charge on any atom is -0.491 e. The van der Waals surface area contributed by atoms with Crippen molar-refractivity contribution in [1.29, 1.82) is 0 Å². The third kappa shape index (κ3) is 5.47. The smallest absolute Gasteiger partial charge is 0.291 e. The van der Waals surface area contributed by atoms with E-state index in [1.165, 1.54) is 17.6 Å². The van der Waals surface area contributed by atoms with E-state index in [0.29, 0.717) is 16.4 Å². The fourth-order valence-electron chi connectivity index (χ4n) is 2.52. The molecule has 146 valence electrons. The van der Waals surface area contributed by atoms with Gasteiger partial charge in [-0.1, -0.05) is 12.1 Å². The minimum atomic E-state index is -0.344. The molecular formula is C21H22N2O4S. The normalized spacial score (nSPS) is 10.7. The third-order valence-electron chi connectivity index (χ3n) is 3.81. The van der Waals surface area contributed by atoms with Crippen LogP contribution in [0.1, 0.15) is 39.6 Å². The molecule has 2 amide bonds. The number of carbonyl (C=O) groups is 2. The molecule has 7 heteroatoms. The molecule has 3 rings (SSSR count). The van der Waals surface area contributed by atoms with Crippen molar-refractivity contribution in [3.05, 3.63) is 71.0 Å². The lowest BCUT2D eigenvalue weighted by molar-refractivity contribution is 0.0956. The van der Waals surface area contributed by atoms with Crippen molar-refractivity contribution in [2.24, 2.45) is 0 Å². The summed E-state index contributed by atoms with van der Waals surface area (Å²) in [6.45, 7) is 4.50. The van der Waals surface area contributed by atoms with Crippen LogP contribution in [0.15, 0.2) is 59.2 Å². The van der Waals surface area contributed by atoms with Gasteiger partial charge in [0, 0.05) is 6.54 Å². The second kappa shape index (κ2) is 9.23. The van der Waals surface area contributed by atoms with E-state index in [-0.39, 0.29) is 23.7 Å². The van der Waals surface area contributed by atoms with Gasteiger partial charge in [-0.25, -0.2) is 0 Å². The zero-order valence-electron chi connectivity index (χ0n) is 15.7. The Morgan fingerprint density at radius 2 is 1.86 bits per heavy atom. The summed E-state index contributed by atoms with van der Waals surface area (Å²) in [7, 11) is 0. The summed E-state index contributed by atoms with van der Waals surface area (Å²) < 4.78 is 10.7. The summed E-state index contributed by atoms with van der Waals surface area (Å²) in [6.07, 6.45) is 2.30. The largest absolute Gasteiger partial charge is 0.491 e. The van der Waals surface area contributed by atoms with E-state index >= 15 is 0 Å². The van der Waals surface area contributed by atoms with Crippen molar-refractivity contribution < 1.29 is 18.7 Å². The number of thiophene rings is 1. The molecule has 0 bridgehead atoms. The maximum atomic E-state index is 12.3. The van der Waals surface area contributed by atoms with Gasteiger partial charge in [-0.05, 0) is 62.2 Å². The van der Waals surface area contributed by atoms with Crippen LogP contribution in [0, 0.1) is 0 Å². The minimum absolute atomic E-state index is 0.143. The maximum absolute atomic E-state index is 12.3. The average Bonchev–Trinajstić information content (AvgIpc) is 3.34. The molecule has 0 saturated heterocycles. The van der Waals surface area contributed by atoms with Gasteiger partial charge in [0.2, 0.25) is 0 Å². The van der Waals surface area contributed by atoms with E-state index in [9.17, 15) is 9.59 Å². The van der Waals surface area contributed by atoms with Crippen molar-refractivity contribution in [1.82, 2.24) is 5.32 Å². The van der Waals surface area contributed by atoms with E-state index in [1.807, 2.05) is 38.1 Å². The molecule has 0 aliphatic rings. The van der Waals surface area contributed by atoms with E-state index in [2.05, 4.69) is 10.6 Å². The first-order valence-electron chi connectivity index (χ1n) is 9.00. The van der Waals surface area contributed by atoms with Crippen LogP contribution in [0.3, 0.4) is 0 Å². The first-order chi connectivity index (χ1) is 13.5. The van der Waals surface area contributed by atoms with Gasteiger partial charge >= 0.3 is 0 Å². The van der Waals surface area contributed by atoms with Crippen LogP contribution in [0.4, 0.5) is 5.00 Å². The molecule has 28 heavy (non-hydrogen) atoms. The number of furan rings is 1. The number of hydrogen-bond donors (Lipinski definition) is 2. The molecule has 0 atom stereocenters. The standard InChI is InChI=1S/C21H22N2O4S/c1-14(2)27-16-7-5-15(6-8-16)11-12-22-21(25)18-9-10-19(28-18)23-20(24)17-4-3-13-26-17/h3-10,13-14H,11-12H2,1-2H3,(H,22,25)(H,23,24). The molecule has 0 radical (unpaired) electrons. The maximum Gasteiger partial charge on any atom is 0.291 e. The zero-order valence-corrected chi connectivity index (χ0v) is 16.5. The van der Waals surface area contributed by atoms with Crippen LogP contribution < -0.4 is 15.4 Å². The lowest BCUT2D eigenvalue weighted by atomic mass is 10.1. The van der Waals surface area contributed by atoms with Gasteiger partial charge in [-0.2, -0.15) is 0 Å². The van der Waals surface area contributed by atoms with Crippen molar-refractivity contribution in [2.75, 3.05) is 11.9 Å². The Labute approximate surface area is 167 Å². The fourth-order valence-corrected chi connectivity index (χ4v) is 3.34. The van der Waals surface area contributed by atoms with Crippen LogP contribution in [0.2, 0.25) is 0 Å². The number of amides is 2. The summed E-state index contributed by atoms with van der Waals surface area (Å²) in [6, 6.07) is 14.5. The van der Waals surface area contributed by atoms with Gasteiger partial charge in [-0.15, -0.1) is 11.3 Å². The van der Waals surface area contributed by atoms with Crippen molar-refractivity contribution >= 4 is 28.2 Å². The predicted molar refractivity (Wildman–Crippen MR) is 109 cm³/mol. The number of carbonyl (C=O) groups excluding carboxylic acids is 2. The number of ether oxygens (including phenoxy) is 1. The fraction of sp³-hybridized carbons (Fsp3) is 0.238. The molecular weight excluding hydrogens is 376 g/mol. The summed E-state index contributed by atoms with van der Waals surface area (Å²) >= 11 is 1.22. The zero-order chi connectivity index (χ0) is 19.9. The topological polar surface area (TPSA) is 80.6 Å². The van der Waals surface area contributed by atoms with Gasteiger partial charge in [0.25, 0.3) is 11.8 Å². The third-order valence-corrected chi connectivity index (χ3v) is 4.81. The number of benzene rings is 1. The summed E-state index contributed by atoms with van der Waals surface area (Å²) in [4.78, 5) is 24.8. The van der Waals surface area contributed by atoms with Gasteiger partial charge < -0.3 is 19.8 Å². The Morgan fingerprint density at radius 1 is 1.07 bits per heavy atom. The van der Waals surface area contributed by atoms with Crippen molar-refractivity contribution in [3.8, 4) is 5.75 Å². The Morgan fingerprint density at radius 3 is 2.54 bits per heavy atom. The molecule has 0 unspecified atom stereocenters. The number of rotatable bonds is 8. The highest BCUT2D eigenvalue weighted by atomic mass is 32.1. The quantitative estimate of drug-likeness (QED) is 0.591. The summed E-state index contributed by atoms with van der Waals surface area (Å²) in [5.41, 5.74) is 1.12. The first kappa shape index (κ1) is 19.7. The van der Waals surface area contributed by atoms with Crippen LogP contribution >= 0.6 is 11.3 Å². The number of hydrogen-bond acceptors (Lipinski definition) is 5. The van der Waals surface area contributed by atoms with E-state index < -0.39 is 0 Å². The molecule has 1 aromatic carbocycles. The number of nitrogens with one attached hydrogen (secondary N) is 2. The summed E-state index contributed by atoms with van der Waals surface area (Å²) in [5, 5.41) is 6.20. The average molecular weight is 398 g/mol. The highest BCUT2D eigenvalue weighted by Crippen LogP contribution is 2.22. The molecule has 0 spiro atoms. The Bertz CT molecular complexity index is 914. The summed E-state index contributed by atoms with van der Waals surface area (Å²) in [5.74, 6) is 0.557. The second-order valence-electron chi connectivity index (χ2n) is 6.41. The van der Waals surface area contributed by atoms with E-state index in [4.69, 9.17) is 9.15 Å². The molecule has 0 aliphatic carbocycles. The Kier molecular flexibility index (Phi) is 6.49. The van der Waals surface area contributed by atoms with Gasteiger partial charge in [-0.3, -0.25) is 9.59 Å². The molecule has 2 heterocycles. The molecule has 0 saturated carbocycles. The van der Waals surface area contributed by atoms with Crippen LogP contribution in [0.5, 0.6) is 5.75 Å². The van der Waals surface area contributed by atoms with Crippen molar-refractivity contribution in [3.63, 3.8) is 0 Å². The molecule has 0 fully saturated rings. The predicted octanol–water partition coefficient (Wildman–Crippen LogP) is 4.35. The Balaban J connectivity index is 1.46. The lowest BCUT2D eigenvalue weighted by Gasteiger charge is -2.10.